The summed E-state index contributed by atoms with van der Waals surface area (Å²) in [6, 6.07) is 8.07. The smallest absolute Gasteiger partial charge is 0.306 e. The number of carbonyl (C=O) groups is 1. The lowest BCUT2D eigenvalue weighted by atomic mass is 10.1. The minimum Gasteiger partial charge on any atom is -0.497 e. The first-order valence-electron chi connectivity index (χ1n) is 5.61. The lowest BCUT2D eigenvalue weighted by Gasteiger charge is -2.14. The van der Waals surface area contributed by atoms with Crippen molar-refractivity contribution < 1.29 is 14.3 Å². The van der Waals surface area contributed by atoms with Crippen molar-refractivity contribution in [3.8, 4) is 5.75 Å². The molecule has 0 amide bonds. The molecule has 17 heavy (non-hydrogen) atoms. The fourth-order valence-electron chi connectivity index (χ4n) is 1.50. The average molecular weight is 237 g/mol. The highest BCUT2D eigenvalue weighted by atomic mass is 16.5. The van der Waals surface area contributed by atoms with Crippen LogP contribution in [0.25, 0.3) is 0 Å². The third-order valence-corrected chi connectivity index (χ3v) is 2.62. The number of methoxy groups -OCH3 is 2. The third-order valence-electron chi connectivity index (χ3n) is 2.62. The molecule has 1 aromatic carbocycles. The zero-order valence-electron chi connectivity index (χ0n) is 10.5. The number of ether oxygens (including phenoxy) is 2. The predicted molar refractivity (Wildman–Crippen MR) is 66.0 cm³/mol. The first-order chi connectivity index (χ1) is 8.17. The molecule has 4 nitrogen and oxygen atoms in total. The van der Waals surface area contributed by atoms with Crippen molar-refractivity contribution in [2.45, 2.75) is 19.4 Å². The van der Waals surface area contributed by atoms with Gasteiger partial charge in [0.15, 0.2) is 0 Å². The largest absolute Gasteiger partial charge is 0.497 e. The van der Waals surface area contributed by atoms with Gasteiger partial charge in [-0.25, -0.2) is 0 Å². The maximum Gasteiger partial charge on any atom is 0.306 e. The van der Waals surface area contributed by atoms with E-state index in [-0.39, 0.29) is 12.0 Å². The summed E-state index contributed by atoms with van der Waals surface area (Å²) in [6.45, 7) is 2.67. The molecular weight excluding hydrogens is 218 g/mol. The predicted octanol–water partition coefficient (Wildman–Crippen LogP) is 1.91. The maximum absolute atomic E-state index is 10.9. The van der Waals surface area contributed by atoms with Crippen molar-refractivity contribution in [1.29, 1.82) is 0 Å². The Morgan fingerprint density at radius 1 is 1.29 bits per heavy atom. The normalized spacial score (nSPS) is 11.9. The van der Waals surface area contributed by atoms with Crippen molar-refractivity contribution >= 4 is 5.97 Å². The molecule has 94 valence electrons. The Kier molecular flexibility index (Phi) is 5.49. The van der Waals surface area contributed by atoms with Crippen LogP contribution in [-0.4, -0.2) is 26.7 Å². The Morgan fingerprint density at radius 2 is 1.94 bits per heavy atom. The number of hydrogen-bond acceptors (Lipinski definition) is 4. The number of carbonyl (C=O) groups excluding carboxylic acids is 1. The maximum atomic E-state index is 10.9. The Labute approximate surface area is 102 Å². The van der Waals surface area contributed by atoms with Gasteiger partial charge in [-0.2, -0.15) is 0 Å². The molecule has 0 bridgehead atoms. The summed E-state index contributed by atoms with van der Waals surface area (Å²) < 4.78 is 9.67. The Balaban J connectivity index is 2.40. The minimum atomic E-state index is -0.195. The molecule has 0 aliphatic carbocycles. The van der Waals surface area contributed by atoms with Crippen molar-refractivity contribution in [3.05, 3.63) is 29.8 Å². The van der Waals surface area contributed by atoms with Crippen LogP contribution in [0, 0.1) is 0 Å². The summed E-state index contributed by atoms with van der Waals surface area (Å²) in [4.78, 5) is 10.9. The highest BCUT2D eigenvalue weighted by molar-refractivity contribution is 5.69. The lowest BCUT2D eigenvalue weighted by Crippen LogP contribution is -2.22. The molecule has 0 heterocycles. The minimum absolute atomic E-state index is 0.195. The molecular formula is C13H19NO3. The first kappa shape index (κ1) is 13.5. The fraction of sp³-hybridized carbons (Fsp3) is 0.462. The van der Waals surface area contributed by atoms with Gasteiger partial charge in [0.1, 0.15) is 5.75 Å². The van der Waals surface area contributed by atoms with E-state index in [1.165, 1.54) is 7.11 Å². The van der Waals surface area contributed by atoms with Crippen LogP contribution >= 0.6 is 0 Å². The van der Waals surface area contributed by atoms with Gasteiger partial charge >= 0.3 is 5.97 Å². The summed E-state index contributed by atoms with van der Waals surface area (Å²) >= 11 is 0. The average Bonchev–Trinajstić information content (AvgIpc) is 2.38. The van der Waals surface area contributed by atoms with Crippen LogP contribution in [0.3, 0.4) is 0 Å². The summed E-state index contributed by atoms with van der Waals surface area (Å²) in [5.41, 5.74) is 1.16. The fourth-order valence-corrected chi connectivity index (χ4v) is 1.50. The van der Waals surface area contributed by atoms with Crippen LogP contribution in [0.5, 0.6) is 5.75 Å². The molecule has 0 spiro atoms. The van der Waals surface area contributed by atoms with E-state index in [1.807, 2.05) is 24.3 Å². The van der Waals surface area contributed by atoms with Gasteiger partial charge < -0.3 is 14.8 Å². The van der Waals surface area contributed by atoms with E-state index in [9.17, 15) is 4.79 Å². The number of hydrogen-bond donors (Lipinski definition) is 1. The number of esters is 1. The molecule has 1 atom stereocenters. The summed E-state index contributed by atoms with van der Waals surface area (Å²) in [7, 11) is 3.04. The van der Waals surface area contributed by atoms with Gasteiger partial charge in [-0.05, 0) is 24.6 Å². The van der Waals surface area contributed by atoms with Gasteiger partial charge in [0.05, 0.1) is 20.6 Å². The molecule has 1 N–H and O–H groups in total. The SMILES string of the molecule is COC(=O)CCN[C@@H](C)c1ccc(OC)cc1. The van der Waals surface area contributed by atoms with Crippen molar-refractivity contribution in [3.63, 3.8) is 0 Å². The van der Waals surface area contributed by atoms with E-state index in [0.29, 0.717) is 13.0 Å². The number of nitrogens with one attached hydrogen (secondary N) is 1. The van der Waals surface area contributed by atoms with Crippen LogP contribution in [0.4, 0.5) is 0 Å². The second kappa shape index (κ2) is 6.91. The van der Waals surface area contributed by atoms with Crippen molar-refractivity contribution in [2.75, 3.05) is 20.8 Å². The number of rotatable bonds is 6. The van der Waals surface area contributed by atoms with E-state index >= 15 is 0 Å². The van der Waals surface area contributed by atoms with Crippen LogP contribution in [-0.2, 0) is 9.53 Å². The highest BCUT2D eigenvalue weighted by Crippen LogP contribution is 2.16. The van der Waals surface area contributed by atoms with Gasteiger partial charge in [-0.3, -0.25) is 4.79 Å². The molecule has 0 aromatic heterocycles. The van der Waals surface area contributed by atoms with Gasteiger partial charge in [0, 0.05) is 12.6 Å². The molecule has 0 saturated carbocycles. The molecule has 0 aliphatic heterocycles. The second-order valence-electron chi connectivity index (χ2n) is 3.78. The Bertz CT molecular complexity index is 348. The molecule has 1 rings (SSSR count). The van der Waals surface area contributed by atoms with E-state index < -0.39 is 0 Å². The van der Waals surface area contributed by atoms with E-state index in [2.05, 4.69) is 17.0 Å². The van der Waals surface area contributed by atoms with Crippen LogP contribution in [0.15, 0.2) is 24.3 Å². The van der Waals surface area contributed by atoms with Gasteiger partial charge in [-0.1, -0.05) is 12.1 Å². The van der Waals surface area contributed by atoms with Gasteiger partial charge in [0.25, 0.3) is 0 Å². The quantitative estimate of drug-likeness (QED) is 0.768. The molecule has 4 heteroatoms. The summed E-state index contributed by atoms with van der Waals surface area (Å²) in [5, 5.41) is 3.26. The van der Waals surface area contributed by atoms with Crippen molar-refractivity contribution in [1.82, 2.24) is 5.32 Å². The Morgan fingerprint density at radius 3 is 2.47 bits per heavy atom. The highest BCUT2D eigenvalue weighted by Gasteiger charge is 2.06. The molecule has 1 aromatic rings. The number of benzene rings is 1. The Hall–Kier alpha value is -1.55. The zero-order valence-corrected chi connectivity index (χ0v) is 10.5. The van der Waals surface area contributed by atoms with E-state index in [0.717, 1.165) is 11.3 Å². The van der Waals surface area contributed by atoms with Crippen molar-refractivity contribution in [2.24, 2.45) is 0 Å². The molecule has 0 saturated heterocycles. The summed E-state index contributed by atoms with van der Waals surface area (Å²) in [6.07, 6.45) is 0.386. The standard InChI is InChI=1S/C13H19NO3/c1-10(14-9-8-13(15)17-3)11-4-6-12(16-2)7-5-11/h4-7,10,14H,8-9H2,1-3H3/t10-/m0/s1. The van der Waals surface area contributed by atoms with E-state index in [4.69, 9.17) is 4.74 Å². The molecule has 0 unspecified atom stereocenters. The molecule has 0 radical (unpaired) electrons. The second-order valence-corrected chi connectivity index (χ2v) is 3.78. The zero-order chi connectivity index (χ0) is 12.7. The van der Waals surface area contributed by atoms with Crippen LogP contribution in [0.1, 0.15) is 24.9 Å². The lowest BCUT2D eigenvalue weighted by molar-refractivity contribution is -0.140. The van der Waals surface area contributed by atoms with Gasteiger partial charge in [-0.15, -0.1) is 0 Å². The van der Waals surface area contributed by atoms with Gasteiger partial charge in [0.2, 0.25) is 0 Å². The van der Waals surface area contributed by atoms with Crippen LogP contribution < -0.4 is 10.1 Å². The first-order valence-corrected chi connectivity index (χ1v) is 5.61. The topological polar surface area (TPSA) is 47.6 Å². The van der Waals surface area contributed by atoms with Crippen LogP contribution in [0.2, 0.25) is 0 Å². The monoisotopic (exact) mass is 237 g/mol. The summed E-state index contributed by atoms with van der Waals surface area (Å²) in [5.74, 6) is 0.648. The molecule has 0 fully saturated rings. The van der Waals surface area contributed by atoms with E-state index in [1.54, 1.807) is 7.11 Å². The molecule has 0 aliphatic rings. The third kappa shape index (κ3) is 4.44.